The molecule has 11 heteroatoms. The Morgan fingerprint density at radius 2 is 0.574 bits per heavy atom. The standard InChI is InChI=1S/2C19H17OP.CH2Cl2.4CO.W/c2*1-20-18-14-8-9-15-19(18)21(16-10-4-2-5-11-16)17-12-6-3-7-13-17;2-1-3;4*1-2;/h2*2-15H,1H3;1H2;;;;;. The van der Waals surface area contributed by atoms with Gasteiger partial charge in [0, 0.05) is 31.7 Å². The fourth-order valence-electron chi connectivity index (χ4n) is 4.79. The first kappa shape index (κ1) is 52.1. The van der Waals surface area contributed by atoms with Crippen LogP contribution in [0.4, 0.5) is 0 Å². The Kier molecular flexibility index (Phi) is 33.5. The molecule has 0 atom stereocenters. The minimum atomic E-state index is -0.598. The molecule has 0 aliphatic carbocycles. The Bertz CT molecular complexity index is 1650. The first-order valence-electron chi connectivity index (χ1n) is 15.2. The minimum absolute atomic E-state index is 0. The Balaban J connectivity index is 0. The molecule has 6 aromatic rings. The van der Waals surface area contributed by atoms with E-state index in [9.17, 15) is 0 Å². The van der Waals surface area contributed by atoms with E-state index in [4.69, 9.17) is 51.3 Å². The van der Waals surface area contributed by atoms with Gasteiger partial charge in [-0.1, -0.05) is 158 Å². The molecule has 0 saturated heterocycles. The number of benzene rings is 6. The van der Waals surface area contributed by atoms with Gasteiger partial charge >= 0.3 is 45.2 Å². The van der Waals surface area contributed by atoms with Crippen LogP contribution in [0.2, 0.25) is 0 Å². The first-order chi connectivity index (χ1) is 26.2. The second-order valence-corrected chi connectivity index (χ2v) is 14.6. The van der Waals surface area contributed by atoms with Crippen LogP contribution >= 0.6 is 39.0 Å². The summed E-state index contributed by atoms with van der Waals surface area (Å²) in [5.74, 6) is 1.91. The molecule has 0 aromatic heterocycles. The number of hydrogen-bond donors (Lipinski definition) is 0. The summed E-state index contributed by atoms with van der Waals surface area (Å²) < 4.78 is 41.2. The van der Waals surface area contributed by atoms with Crippen LogP contribution in [0.25, 0.3) is 0 Å². The van der Waals surface area contributed by atoms with Crippen molar-refractivity contribution < 1.29 is 49.1 Å². The zero-order chi connectivity index (χ0) is 39.7. The fraction of sp³-hybridized carbons (Fsp3) is 0.0698. The van der Waals surface area contributed by atoms with Gasteiger partial charge in [0.2, 0.25) is 0 Å². The van der Waals surface area contributed by atoms with E-state index in [1.54, 1.807) is 14.2 Å². The van der Waals surface area contributed by atoms with E-state index in [1.807, 2.05) is 24.3 Å². The van der Waals surface area contributed by atoms with Crippen molar-refractivity contribution in [1.29, 1.82) is 0 Å². The van der Waals surface area contributed by atoms with Crippen LogP contribution in [0.3, 0.4) is 0 Å². The van der Waals surface area contributed by atoms with Gasteiger partial charge in [0.15, 0.2) is 0 Å². The summed E-state index contributed by atoms with van der Waals surface area (Å²) in [5.41, 5.74) is 0. The maximum Gasteiger partial charge on any atom is 0 e. The van der Waals surface area contributed by atoms with Crippen molar-refractivity contribution in [3.05, 3.63) is 196 Å². The van der Waals surface area contributed by atoms with Gasteiger partial charge in [0.1, 0.15) is 11.5 Å². The predicted molar refractivity (Wildman–Crippen MR) is 216 cm³/mol. The van der Waals surface area contributed by atoms with E-state index >= 15 is 0 Å². The second-order valence-electron chi connectivity index (χ2n) is 9.46. The van der Waals surface area contributed by atoms with Crippen molar-refractivity contribution in [1.82, 2.24) is 0 Å². The van der Waals surface area contributed by atoms with Crippen molar-refractivity contribution >= 4 is 70.9 Å². The van der Waals surface area contributed by atoms with E-state index in [0.29, 0.717) is 0 Å². The van der Waals surface area contributed by atoms with Gasteiger partial charge in [-0.3, -0.25) is 0 Å². The molecule has 0 N–H and O–H groups in total. The van der Waals surface area contributed by atoms with Crippen LogP contribution in [-0.4, -0.2) is 19.6 Å². The maximum atomic E-state index is 7.50. The molecule has 6 rings (SSSR count). The summed E-state index contributed by atoms with van der Waals surface area (Å²) in [4.78, 5) is 0. The summed E-state index contributed by atoms with van der Waals surface area (Å²) in [6, 6.07) is 59.3. The topological polar surface area (TPSA) is 98.1 Å². The average molecular weight is 965 g/mol. The molecule has 6 nitrogen and oxygen atoms in total. The summed E-state index contributed by atoms with van der Waals surface area (Å²) >= 11 is 9.53. The van der Waals surface area contributed by atoms with E-state index < -0.39 is 15.8 Å². The molecule has 0 heterocycles. The zero-order valence-electron chi connectivity index (χ0n) is 29.4. The summed E-state index contributed by atoms with van der Waals surface area (Å²) in [6.45, 7) is 18.0. The van der Waals surface area contributed by atoms with E-state index in [2.05, 4.69) is 172 Å². The molecule has 0 unspecified atom stereocenters. The van der Waals surface area contributed by atoms with E-state index in [1.165, 1.54) is 31.8 Å². The van der Waals surface area contributed by atoms with Gasteiger partial charge in [-0.2, -0.15) is 0 Å². The number of ether oxygens (including phenoxy) is 2. The van der Waals surface area contributed by atoms with Crippen LogP contribution in [0.15, 0.2) is 170 Å². The second kappa shape index (κ2) is 34.8. The molecule has 0 bridgehead atoms. The first-order valence-corrected chi connectivity index (χ1v) is 19.0. The van der Waals surface area contributed by atoms with Crippen molar-refractivity contribution in [3.63, 3.8) is 0 Å². The third-order valence-corrected chi connectivity index (χ3v) is 11.7. The molecule has 274 valence electrons. The number of hydrogen-bond acceptors (Lipinski definition) is 2. The molecular formula is C43H36Cl2O6P2W. The molecule has 0 aliphatic heterocycles. The van der Waals surface area contributed by atoms with Gasteiger partial charge in [0.25, 0.3) is 0 Å². The normalized spacial score (nSPS) is 8.70. The van der Waals surface area contributed by atoms with E-state index in [-0.39, 0.29) is 26.4 Å². The van der Waals surface area contributed by atoms with Gasteiger partial charge in [-0.05, 0) is 49.2 Å². The van der Waals surface area contributed by atoms with Gasteiger partial charge in [0.05, 0.1) is 19.6 Å². The van der Waals surface area contributed by atoms with E-state index in [0.717, 1.165) is 11.5 Å². The number of halogens is 2. The summed E-state index contributed by atoms with van der Waals surface area (Å²) in [5, 5.41) is 8.05. The van der Waals surface area contributed by atoms with Crippen molar-refractivity contribution in [2.45, 2.75) is 0 Å². The van der Waals surface area contributed by atoms with Crippen LogP contribution in [-0.2, 0) is 39.7 Å². The number of rotatable bonds is 8. The van der Waals surface area contributed by atoms with Crippen LogP contribution in [0.5, 0.6) is 11.5 Å². The van der Waals surface area contributed by atoms with Crippen molar-refractivity contribution in [3.8, 4) is 11.5 Å². The largest absolute Gasteiger partial charge is 0 e. The molecule has 0 saturated carbocycles. The summed E-state index contributed by atoms with van der Waals surface area (Å²) in [7, 11) is 2.28. The Morgan fingerprint density at radius 1 is 0.389 bits per heavy atom. The van der Waals surface area contributed by atoms with Crippen LogP contribution in [0, 0.1) is 26.6 Å². The average Bonchev–Trinajstić information content (AvgIpc) is 3.26. The van der Waals surface area contributed by atoms with Crippen LogP contribution < -0.4 is 41.3 Å². The SMILES string of the molecule is COc1ccccc1P(c1ccccc1)c1ccccc1.COc1ccccc1P(c1ccccc1)c1ccccc1.ClCCl.[C-]#[O+].[C-]#[O+].[C-]#[O+].[C-]#[O+].[W]. The number of methoxy groups -OCH3 is 2. The minimum Gasteiger partial charge on any atom is 0 e. The van der Waals surface area contributed by atoms with Crippen LogP contribution in [0.1, 0.15) is 0 Å². The third-order valence-electron chi connectivity index (χ3n) is 6.71. The van der Waals surface area contributed by atoms with Gasteiger partial charge < -0.3 is 9.47 Å². The molecule has 0 spiro atoms. The molecule has 6 aromatic carbocycles. The molecule has 0 radical (unpaired) electrons. The molecule has 0 fully saturated rings. The monoisotopic (exact) mass is 964 g/mol. The predicted octanol–water partition coefficient (Wildman–Crippen LogP) is 8.18. The Hall–Kier alpha value is -3.99. The number of alkyl halides is 2. The Morgan fingerprint density at radius 3 is 0.778 bits per heavy atom. The quantitative estimate of drug-likeness (QED) is 0.0666. The molecule has 0 amide bonds. The summed E-state index contributed by atoms with van der Waals surface area (Å²) in [6.07, 6.45) is 0. The fourth-order valence-corrected chi connectivity index (χ4v) is 9.62. The maximum absolute atomic E-state index is 7.50. The van der Waals surface area contributed by atoms with Crippen molar-refractivity contribution in [2.75, 3.05) is 19.6 Å². The van der Waals surface area contributed by atoms with Gasteiger partial charge in [-0.15, -0.1) is 23.2 Å². The molecule has 0 aliphatic rings. The number of para-hydroxylation sites is 2. The van der Waals surface area contributed by atoms with Gasteiger partial charge in [-0.25, -0.2) is 0 Å². The molecule has 54 heavy (non-hydrogen) atoms. The Labute approximate surface area is 345 Å². The third kappa shape index (κ3) is 17.4. The zero-order valence-corrected chi connectivity index (χ0v) is 35.6. The van der Waals surface area contributed by atoms with Crippen molar-refractivity contribution in [2.24, 2.45) is 0 Å². The molecular weight excluding hydrogens is 929 g/mol. The smallest absolute Gasteiger partial charge is 0 e.